The molecular weight excluding hydrogens is 372 g/mol. The Hall–Kier alpha value is -2.75. The van der Waals surface area contributed by atoms with Gasteiger partial charge in [0.2, 0.25) is 0 Å². The van der Waals surface area contributed by atoms with E-state index in [1.54, 1.807) is 72.8 Å². The van der Waals surface area contributed by atoms with E-state index in [4.69, 9.17) is 15.3 Å². The fraction of sp³-hybridized carbons (Fsp3) is 0.0435. The maximum absolute atomic E-state index is 8.63. The molecule has 0 aromatic heterocycles. The molecule has 3 N–H and O–H groups in total. The van der Waals surface area contributed by atoms with Crippen LogP contribution >= 0.6 is 0 Å². The molecule has 3 nitrogen and oxygen atoms in total. The number of phenolic OH excluding ortho intramolecular Hbond substituents is 3. The van der Waals surface area contributed by atoms with Crippen LogP contribution in [0.3, 0.4) is 0 Å². The van der Waals surface area contributed by atoms with Crippen molar-refractivity contribution in [3.63, 3.8) is 0 Å². The van der Waals surface area contributed by atoms with Crippen molar-refractivity contribution in [3.05, 3.63) is 113 Å². The van der Waals surface area contributed by atoms with Gasteiger partial charge in [-0.3, -0.25) is 0 Å². The van der Waals surface area contributed by atoms with Crippen LogP contribution in [0.2, 0.25) is 0 Å². The quantitative estimate of drug-likeness (QED) is 0.437. The Morgan fingerprint density at radius 1 is 0.556 bits per heavy atom. The van der Waals surface area contributed by atoms with Crippen molar-refractivity contribution < 1.29 is 35.8 Å². The number of hydrogen-bond acceptors (Lipinski definition) is 3. The van der Waals surface area contributed by atoms with Crippen molar-refractivity contribution in [2.24, 2.45) is 0 Å². The minimum absolute atomic E-state index is 0.322. The van der Waals surface area contributed by atoms with E-state index < -0.39 is 0 Å². The van der Waals surface area contributed by atoms with Crippen LogP contribution in [0.1, 0.15) is 6.42 Å². The van der Waals surface area contributed by atoms with Gasteiger partial charge in [0, 0.05) is 0 Å². The maximum atomic E-state index is 8.63. The number of hydrogen-bond donors (Lipinski definition) is 3. The van der Waals surface area contributed by atoms with Gasteiger partial charge in [-0.2, -0.15) is 0 Å². The first-order chi connectivity index (χ1) is 13.1. The van der Waals surface area contributed by atoms with Gasteiger partial charge in [0.15, 0.2) is 0 Å². The molecule has 0 saturated heterocycles. The Kier molecular flexibility index (Phi) is 11.9. The Morgan fingerprint density at radius 2 is 0.889 bits per heavy atom. The topological polar surface area (TPSA) is 60.7 Å². The summed E-state index contributed by atoms with van der Waals surface area (Å²) in [5.74, 6) is 0.965. The minimum atomic E-state index is 0.322. The molecule has 0 atom stereocenters. The Morgan fingerprint density at radius 3 is 1.00 bits per heavy atom. The van der Waals surface area contributed by atoms with Crippen LogP contribution < -0.4 is 0 Å². The Balaban J connectivity index is 0.000000180. The first-order valence-corrected chi connectivity index (χ1v) is 9.15. The van der Waals surface area contributed by atoms with E-state index in [2.05, 4.69) is 38.7 Å². The monoisotopic (exact) mass is 395 g/mol. The summed E-state index contributed by atoms with van der Waals surface area (Å²) in [6, 6.07) is 26.1. The van der Waals surface area contributed by atoms with E-state index in [9.17, 15) is 0 Å². The van der Waals surface area contributed by atoms with E-state index in [1.165, 1.54) is 10.3 Å². The molecule has 0 fully saturated rings. The van der Waals surface area contributed by atoms with Gasteiger partial charge in [0.1, 0.15) is 17.2 Å². The van der Waals surface area contributed by atoms with Gasteiger partial charge < -0.3 is 15.3 Å². The fourth-order valence-electron chi connectivity index (χ4n) is 1.73. The molecule has 0 radical (unpaired) electrons. The van der Waals surface area contributed by atoms with Gasteiger partial charge in [-0.1, -0.05) is 54.6 Å². The fourth-order valence-corrected chi connectivity index (χ4v) is 2.07. The Bertz CT molecular complexity index is 696. The number of phenols is 3. The number of rotatable bonds is 0. The van der Waals surface area contributed by atoms with Gasteiger partial charge in [-0.15, -0.1) is 0 Å². The summed E-state index contributed by atoms with van der Waals surface area (Å²) >= 11 is 2.14. The van der Waals surface area contributed by atoms with Gasteiger partial charge >= 0.3 is 49.0 Å². The second kappa shape index (κ2) is 14.4. The van der Waals surface area contributed by atoms with Crippen molar-refractivity contribution in [1.29, 1.82) is 0 Å². The summed E-state index contributed by atoms with van der Waals surface area (Å²) in [5, 5.41) is 25.9. The standard InChI is InChI=1S/3C6H6O.C5H5.Ti/c3*7-6-4-2-1-3-5-6;1-2-4-5-3-1;/h3*1-5,7H;1-3H,4H2;. The van der Waals surface area contributed by atoms with Crippen LogP contribution in [0.25, 0.3) is 0 Å². The summed E-state index contributed by atoms with van der Waals surface area (Å²) < 4.78 is 1.47. The van der Waals surface area contributed by atoms with Gasteiger partial charge in [-0.05, 0) is 36.4 Å². The summed E-state index contributed by atoms with van der Waals surface area (Å²) in [5.41, 5.74) is 0. The van der Waals surface area contributed by atoms with Crippen molar-refractivity contribution in [2.75, 3.05) is 0 Å². The van der Waals surface area contributed by atoms with E-state index in [0.717, 1.165) is 0 Å². The number of allylic oxidation sites excluding steroid dienone is 4. The predicted molar refractivity (Wildman–Crippen MR) is 106 cm³/mol. The van der Waals surface area contributed by atoms with Crippen LogP contribution in [-0.4, -0.2) is 15.3 Å². The molecule has 0 aliphatic heterocycles. The molecular formula is C23H23O3Ti. The normalized spacial score (nSPS) is 10.7. The van der Waals surface area contributed by atoms with Gasteiger partial charge in [0.25, 0.3) is 0 Å². The third-order valence-corrected chi connectivity index (χ3v) is 3.62. The van der Waals surface area contributed by atoms with Gasteiger partial charge in [0.05, 0.1) is 0 Å². The van der Waals surface area contributed by atoms with Crippen molar-refractivity contribution in [2.45, 2.75) is 6.42 Å². The van der Waals surface area contributed by atoms with E-state index in [1.807, 2.05) is 18.2 Å². The van der Waals surface area contributed by atoms with Crippen LogP contribution in [-0.2, 0) is 20.4 Å². The number of aromatic hydroxyl groups is 3. The Labute approximate surface area is 172 Å². The SMILES string of the molecule is Oc1ccccc1.Oc1ccccc1.Oc1ccccc1.[Ti][C]1=CC=CC1. The zero-order valence-electron chi connectivity index (χ0n) is 14.9. The summed E-state index contributed by atoms with van der Waals surface area (Å²) in [6.45, 7) is 0. The molecule has 3 aromatic rings. The molecule has 1 aliphatic rings. The molecule has 4 heteroatoms. The molecule has 0 heterocycles. The van der Waals surface area contributed by atoms with Crippen LogP contribution in [0.15, 0.2) is 113 Å². The van der Waals surface area contributed by atoms with Crippen LogP contribution in [0.4, 0.5) is 0 Å². The first-order valence-electron chi connectivity index (χ1n) is 8.37. The van der Waals surface area contributed by atoms with E-state index in [-0.39, 0.29) is 0 Å². The van der Waals surface area contributed by atoms with Crippen LogP contribution in [0, 0.1) is 0 Å². The van der Waals surface area contributed by atoms with Gasteiger partial charge in [-0.25, -0.2) is 0 Å². The van der Waals surface area contributed by atoms with Crippen LogP contribution in [0.5, 0.6) is 17.2 Å². The molecule has 0 saturated carbocycles. The van der Waals surface area contributed by atoms with Crippen molar-refractivity contribution >= 4 is 0 Å². The van der Waals surface area contributed by atoms with Crippen molar-refractivity contribution in [1.82, 2.24) is 0 Å². The van der Waals surface area contributed by atoms with Crippen molar-refractivity contribution in [3.8, 4) is 17.2 Å². The molecule has 4 rings (SSSR count). The average Bonchev–Trinajstić information content (AvgIpc) is 3.16. The molecule has 3 aromatic carbocycles. The molecule has 137 valence electrons. The molecule has 0 spiro atoms. The zero-order valence-corrected chi connectivity index (χ0v) is 16.5. The average molecular weight is 395 g/mol. The molecule has 0 bridgehead atoms. The molecule has 1 aliphatic carbocycles. The number of benzene rings is 3. The first kappa shape index (κ1) is 22.3. The third kappa shape index (κ3) is 13.2. The second-order valence-corrected chi connectivity index (χ2v) is 6.33. The predicted octanol–water partition coefficient (Wildman–Crippen LogP) is 5.55. The zero-order chi connectivity index (χ0) is 19.7. The molecule has 27 heavy (non-hydrogen) atoms. The molecule has 0 unspecified atom stereocenters. The second-order valence-electron chi connectivity index (χ2n) is 5.33. The summed E-state index contributed by atoms with van der Waals surface area (Å²) in [7, 11) is 0. The number of para-hydroxylation sites is 3. The third-order valence-electron chi connectivity index (χ3n) is 3.04. The summed E-state index contributed by atoms with van der Waals surface area (Å²) in [6.07, 6.45) is 7.56. The molecule has 0 amide bonds. The van der Waals surface area contributed by atoms with E-state index >= 15 is 0 Å². The summed E-state index contributed by atoms with van der Waals surface area (Å²) in [4.78, 5) is 0. The van der Waals surface area contributed by atoms with E-state index in [0.29, 0.717) is 17.2 Å².